The van der Waals surface area contributed by atoms with Crippen LogP contribution in [0.5, 0.6) is 0 Å². The summed E-state index contributed by atoms with van der Waals surface area (Å²) in [4.78, 5) is 46.5. The molecular weight excluding hydrogens is 576 g/mol. The lowest BCUT2D eigenvalue weighted by Crippen LogP contribution is -1.87. The average Bonchev–Trinajstić information content (AvgIpc) is 3.81. The number of benzene rings is 4. The van der Waals surface area contributed by atoms with Gasteiger partial charge in [0.05, 0.1) is 6.26 Å². The number of hydrogen-bond donors (Lipinski definition) is 2. The second-order valence-corrected chi connectivity index (χ2v) is 10.6. The zero-order chi connectivity index (χ0) is 31.2. The first-order chi connectivity index (χ1) is 22.6. The summed E-state index contributed by atoms with van der Waals surface area (Å²) in [6, 6.07) is 32.2. The van der Waals surface area contributed by atoms with Crippen LogP contribution in [0.1, 0.15) is 6.92 Å². The zero-order valence-electron chi connectivity index (χ0n) is 24.5. The molecule has 10 nitrogen and oxygen atoms in total. The van der Waals surface area contributed by atoms with Gasteiger partial charge in [-0.3, -0.25) is 4.79 Å². The van der Waals surface area contributed by atoms with Crippen molar-refractivity contribution in [3.05, 3.63) is 110 Å². The SMILES string of the molecule is C=COC(C)=O.c1ccc2c(c1)-c1nc-2nc2[nH]c(nc3nc(nc4[nH]c(n1)c1ccccc41)-c1ccccc1-3)c1ccccc21. The molecule has 5 heterocycles. The van der Waals surface area contributed by atoms with E-state index in [4.69, 9.17) is 29.9 Å². The summed E-state index contributed by atoms with van der Waals surface area (Å²) in [6.45, 7) is 4.48. The molecule has 46 heavy (non-hydrogen) atoms. The van der Waals surface area contributed by atoms with Crippen LogP contribution in [0.4, 0.5) is 0 Å². The number of H-pyrrole nitrogens is 2. The molecule has 7 aromatic rings. The smallest absolute Gasteiger partial charge is 0.307 e. The summed E-state index contributed by atoms with van der Waals surface area (Å²) in [5.74, 6) is 2.06. The Morgan fingerprint density at radius 2 is 0.804 bits per heavy atom. The van der Waals surface area contributed by atoms with Crippen LogP contribution in [-0.2, 0) is 9.53 Å². The van der Waals surface area contributed by atoms with E-state index in [9.17, 15) is 4.79 Å². The average molecular weight is 601 g/mol. The minimum Gasteiger partial charge on any atom is -0.435 e. The fraction of sp³-hybridized carbons (Fsp3) is 0.0278. The van der Waals surface area contributed by atoms with Crippen molar-refractivity contribution in [2.75, 3.05) is 0 Å². The number of rotatable bonds is 1. The molecule has 2 aliphatic rings. The van der Waals surface area contributed by atoms with Gasteiger partial charge in [-0.05, 0) is 0 Å². The van der Waals surface area contributed by atoms with Crippen molar-refractivity contribution in [3.8, 4) is 45.6 Å². The highest BCUT2D eigenvalue weighted by Gasteiger charge is 2.21. The van der Waals surface area contributed by atoms with E-state index < -0.39 is 0 Å². The molecule has 4 aromatic carbocycles. The molecule has 0 atom stereocenters. The fourth-order valence-corrected chi connectivity index (χ4v) is 5.71. The molecule has 0 aliphatic carbocycles. The number of ether oxygens (including phenoxy) is 1. The maximum Gasteiger partial charge on any atom is 0.307 e. The van der Waals surface area contributed by atoms with Crippen molar-refractivity contribution in [2.45, 2.75) is 6.92 Å². The van der Waals surface area contributed by atoms with Gasteiger partial charge in [0.25, 0.3) is 0 Å². The van der Waals surface area contributed by atoms with Crippen molar-refractivity contribution < 1.29 is 9.53 Å². The summed E-state index contributed by atoms with van der Waals surface area (Å²) in [5, 5.41) is 3.82. The van der Waals surface area contributed by atoms with Gasteiger partial charge < -0.3 is 14.7 Å². The lowest BCUT2D eigenvalue weighted by molar-refractivity contribution is -0.135. The van der Waals surface area contributed by atoms with E-state index in [0.717, 1.165) is 50.1 Å². The van der Waals surface area contributed by atoms with Gasteiger partial charge in [0.2, 0.25) is 0 Å². The normalized spacial score (nSPS) is 11.3. The summed E-state index contributed by atoms with van der Waals surface area (Å²) in [6.07, 6.45) is 1.10. The van der Waals surface area contributed by atoms with Crippen LogP contribution in [-0.4, -0.2) is 45.8 Å². The molecule has 10 heteroatoms. The van der Waals surface area contributed by atoms with Crippen LogP contribution in [0, 0.1) is 0 Å². The Bertz CT molecular complexity index is 2210. The lowest BCUT2D eigenvalue weighted by Gasteiger charge is -1.96. The largest absolute Gasteiger partial charge is 0.435 e. The van der Waals surface area contributed by atoms with Gasteiger partial charge in [0, 0.05) is 50.7 Å². The topological polar surface area (TPSA) is 135 Å². The second kappa shape index (κ2) is 10.9. The van der Waals surface area contributed by atoms with Gasteiger partial charge in [-0.25, -0.2) is 29.9 Å². The minimum absolute atomic E-state index is 0.329. The molecule has 0 amide bonds. The Kier molecular flexibility index (Phi) is 6.38. The monoisotopic (exact) mass is 600 g/mol. The van der Waals surface area contributed by atoms with E-state index in [-0.39, 0.29) is 5.97 Å². The summed E-state index contributed by atoms with van der Waals surface area (Å²) in [7, 11) is 0. The molecule has 0 radical (unpaired) electrons. The predicted octanol–water partition coefficient (Wildman–Crippen LogP) is 7.56. The molecule has 0 saturated carbocycles. The number of fused-ring (bicyclic) bond motifs is 20. The van der Waals surface area contributed by atoms with Crippen LogP contribution in [0.3, 0.4) is 0 Å². The van der Waals surface area contributed by atoms with Gasteiger partial charge in [0.1, 0.15) is 22.6 Å². The van der Waals surface area contributed by atoms with Crippen LogP contribution in [0.2, 0.25) is 0 Å². The number of aromatic amines is 2. The van der Waals surface area contributed by atoms with E-state index >= 15 is 0 Å². The van der Waals surface area contributed by atoms with Crippen molar-refractivity contribution in [3.63, 3.8) is 0 Å². The van der Waals surface area contributed by atoms with Gasteiger partial charge in [-0.15, -0.1) is 0 Å². The molecule has 2 aliphatic heterocycles. The predicted molar refractivity (Wildman–Crippen MR) is 178 cm³/mol. The maximum absolute atomic E-state index is 9.75. The van der Waals surface area contributed by atoms with Crippen LogP contribution in [0.15, 0.2) is 110 Å². The highest BCUT2D eigenvalue weighted by molar-refractivity contribution is 6.06. The summed E-state index contributed by atoms with van der Waals surface area (Å²) < 4.78 is 4.17. The highest BCUT2D eigenvalue weighted by Crippen LogP contribution is 2.36. The highest BCUT2D eigenvalue weighted by atomic mass is 16.5. The molecule has 8 bridgehead atoms. The van der Waals surface area contributed by atoms with E-state index in [1.165, 1.54) is 6.92 Å². The number of carbonyl (C=O) groups excluding carboxylic acids is 1. The third-order valence-corrected chi connectivity index (χ3v) is 7.71. The number of carbonyl (C=O) groups is 1. The molecule has 0 saturated heterocycles. The molecule has 3 aromatic heterocycles. The van der Waals surface area contributed by atoms with E-state index in [1.807, 2.05) is 97.1 Å². The Morgan fingerprint density at radius 3 is 1.04 bits per heavy atom. The lowest BCUT2D eigenvalue weighted by atomic mass is 10.1. The third-order valence-electron chi connectivity index (χ3n) is 7.71. The fourth-order valence-electron chi connectivity index (χ4n) is 5.71. The number of aromatic nitrogens is 8. The summed E-state index contributed by atoms with van der Waals surface area (Å²) >= 11 is 0. The van der Waals surface area contributed by atoms with Crippen molar-refractivity contribution in [1.29, 1.82) is 0 Å². The minimum atomic E-state index is -0.329. The molecule has 2 N–H and O–H groups in total. The summed E-state index contributed by atoms with van der Waals surface area (Å²) in [5.41, 5.74) is 6.45. The van der Waals surface area contributed by atoms with Gasteiger partial charge >= 0.3 is 5.97 Å². The maximum atomic E-state index is 9.75. The first-order valence-corrected chi connectivity index (χ1v) is 14.5. The van der Waals surface area contributed by atoms with Gasteiger partial charge in [-0.1, -0.05) is 104 Å². The number of hydrogen-bond acceptors (Lipinski definition) is 8. The molecule has 9 rings (SSSR count). The van der Waals surface area contributed by atoms with E-state index in [0.29, 0.717) is 45.9 Å². The van der Waals surface area contributed by atoms with Crippen LogP contribution >= 0.6 is 0 Å². The standard InChI is InChI=1S/C32H18N8.C4H6O2/c1-2-10-18-17(9-1)25-33-26(18)38-28-21-13-5-6-14-22(21)30(35-28)40-32-24-16-8-7-15-23(24)31(36-32)39-29-20-12-4-3-11-19(20)27(34-29)37-25;1-3-6-4(2)5/h1-16H,(H2,33,34,35,36,37,38,39,40);3H,1H2,2H3. The van der Waals surface area contributed by atoms with Crippen molar-refractivity contribution in [2.24, 2.45) is 0 Å². The Balaban J connectivity index is 0.000000478. The Morgan fingerprint density at radius 1 is 0.522 bits per heavy atom. The quantitative estimate of drug-likeness (QED) is 0.146. The Labute approximate surface area is 261 Å². The molecule has 0 unspecified atom stereocenters. The van der Waals surface area contributed by atoms with Crippen molar-refractivity contribution >= 4 is 50.1 Å². The number of nitrogens with one attached hydrogen (secondary N) is 2. The number of nitrogens with zero attached hydrogens (tertiary/aromatic N) is 6. The zero-order valence-corrected chi connectivity index (χ0v) is 24.5. The molecule has 0 fully saturated rings. The Hall–Kier alpha value is -6.55. The second-order valence-electron chi connectivity index (χ2n) is 10.6. The molecule has 0 spiro atoms. The molecule has 220 valence electrons. The van der Waals surface area contributed by atoms with E-state index in [1.54, 1.807) is 0 Å². The first kappa shape index (κ1) is 27.0. The van der Waals surface area contributed by atoms with Crippen molar-refractivity contribution in [1.82, 2.24) is 39.9 Å². The van der Waals surface area contributed by atoms with Crippen LogP contribution in [0.25, 0.3) is 89.7 Å². The van der Waals surface area contributed by atoms with Crippen LogP contribution < -0.4 is 0 Å². The first-order valence-electron chi connectivity index (χ1n) is 14.5. The van der Waals surface area contributed by atoms with Gasteiger partial charge in [-0.2, -0.15) is 0 Å². The van der Waals surface area contributed by atoms with E-state index in [2.05, 4.69) is 21.3 Å². The third kappa shape index (κ3) is 4.56. The van der Waals surface area contributed by atoms with Gasteiger partial charge in [0.15, 0.2) is 23.3 Å². The molecular formula is C36H24N8O2. The number of esters is 1.